The third-order valence-corrected chi connectivity index (χ3v) is 4.85. The van der Waals surface area contributed by atoms with Gasteiger partial charge in [0, 0.05) is 49.5 Å². The summed E-state index contributed by atoms with van der Waals surface area (Å²) in [6.45, 7) is 1.08. The van der Waals surface area contributed by atoms with Crippen LogP contribution in [0, 0.1) is 0 Å². The van der Waals surface area contributed by atoms with Crippen molar-refractivity contribution in [2.75, 3.05) is 6.54 Å². The molecule has 0 radical (unpaired) electrons. The second-order valence-corrected chi connectivity index (χ2v) is 6.08. The summed E-state index contributed by atoms with van der Waals surface area (Å²) >= 11 is 1.74. The summed E-state index contributed by atoms with van der Waals surface area (Å²) in [5.74, 6) is 0.477. The highest BCUT2D eigenvalue weighted by Crippen LogP contribution is 2.32. The predicted molar refractivity (Wildman–Crippen MR) is 68.2 cm³/mol. The SMILES string of the molecule is O=C1CC2CCCC(C1)N2CCc1nccs1. The molecule has 2 fully saturated rings. The minimum Gasteiger partial charge on any atom is -0.300 e. The number of thiazole rings is 1. The van der Waals surface area contributed by atoms with Gasteiger partial charge < -0.3 is 0 Å². The van der Waals surface area contributed by atoms with Crippen molar-refractivity contribution in [1.82, 2.24) is 9.88 Å². The highest BCUT2D eigenvalue weighted by atomic mass is 32.1. The van der Waals surface area contributed by atoms with Gasteiger partial charge in [-0.2, -0.15) is 0 Å². The third-order valence-electron chi connectivity index (χ3n) is 4.01. The minimum atomic E-state index is 0.477. The van der Waals surface area contributed by atoms with Crippen LogP contribution < -0.4 is 0 Å². The first kappa shape index (κ1) is 11.4. The molecule has 2 unspecified atom stereocenters. The number of nitrogens with zero attached hydrogens (tertiary/aromatic N) is 2. The second kappa shape index (κ2) is 4.86. The summed E-state index contributed by atoms with van der Waals surface area (Å²) in [4.78, 5) is 18.5. The van der Waals surface area contributed by atoms with E-state index in [1.54, 1.807) is 11.3 Å². The standard InChI is InChI=1S/C13H18N2OS/c16-12-8-10-2-1-3-11(9-12)15(10)6-4-13-14-5-7-17-13/h5,7,10-11H,1-4,6,8-9H2. The van der Waals surface area contributed by atoms with Crippen molar-refractivity contribution in [2.24, 2.45) is 0 Å². The molecule has 3 heterocycles. The molecule has 2 saturated heterocycles. The lowest BCUT2D eigenvalue weighted by Gasteiger charge is -2.45. The summed E-state index contributed by atoms with van der Waals surface area (Å²) in [7, 11) is 0. The molecule has 0 aliphatic carbocycles. The Morgan fingerprint density at radius 3 is 2.76 bits per heavy atom. The molecule has 1 aromatic rings. The number of piperidine rings is 2. The molecule has 0 amide bonds. The van der Waals surface area contributed by atoms with Crippen molar-refractivity contribution in [2.45, 2.75) is 50.6 Å². The van der Waals surface area contributed by atoms with Gasteiger partial charge in [0.25, 0.3) is 0 Å². The normalized spacial score (nSPS) is 29.5. The number of aromatic nitrogens is 1. The van der Waals surface area contributed by atoms with E-state index in [1.165, 1.54) is 24.3 Å². The maximum absolute atomic E-state index is 11.6. The van der Waals surface area contributed by atoms with Crippen molar-refractivity contribution in [3.05, 3.63) is 16.6 Å². The van der Waals surface area contributed by atoms with Crippen LogP contribution >= 0.6 is 11.3 Å². The van der Waals surface area contributed by atoms with E-state index in [9.17, 15) is 4.79 Å². The smallest absolute Gasteiger partial charge is 0.136 e. The van der Waals surface area contributed by atoms with Gasteiger partial charge in [-0.3, -0.25) is 9.69 Å². The van der Waals surface area contributed by atoms with Crippen LogP contribution in [0.25, 0.3) is 0 Å². The summed E-state index contributed by atoms with van der Waals surface area (Å²) < 4.78 is 0. The molecule has 92 valence electrons. The van der Waals surface area contributed by atoms with Gasteiger partial charge in [0.15, 0.2) is 0 Å². The molecule has 4 heteroatoms. The molecule has 0 spiro atoms. The van der Waals surface area contributed by atoms with Gasteiger partial charge in [0.2, 0.25) is 0 Å². The Morgan fingerprint density at radius 1 is 1.35 bits per heavy atom. The van der Waals surface area contributed by atoms with E-state index in [4.69, 9.17) is 0 Å². The molecule has 1 aromatic heterocycles. The van der Waals surface area contributed by atoms with Crippen LogP contribution in [0.15, 0.2) is 11.6 Å². The molecular weight excluding hydrogens is 232 g/mol. The van der Waals surface area contributed by atoms with Crippen LogP contribution in [0.1, 0.15) is 37.1 Å². The molecule has 0 N–H and O–H groups in total. The van der Waals surface area contributed by atoms with Gasteiger partial charge >= 0.3 is 0 Å². The Kier molecular flexibility index (Phi) is 3.25. The molecule has 2 atom stereocenters. The maximum atomic E-state index is 11.6. The Balaban J connectivity index is 1.64. The van der Waals surface area contributed by atoms with E-state index in [2.05, 4.69) is 9.88 Å². The number of ketones is 1. The summed E-state index contributed by atoms with van der Waals surface area (Å²) in [5, 5.41) is 3.26. The zero-order valence-corrected chi connectivity index (χ0v) is 10.8. The Labute approximate surface area is 106 Å². The van der Waals surface area contributed by atoms with Gasteiger partial charge in [-0.05, 0) is 12.8 Å². The van der Waals surface area contributed by atoms with Crippen LogP contribution in [-0.2, 0) is 11.2 Å². The Morgan fingerprint density at radius 2 is 2.12 bits per heavy atom. The molecule has 2 aliphatic heterocycles. The molecular formula is C13H18N2OS. The van der Waals surface area contributed by atoms with Gasteiger partial charge in [0.1, 0.15) is 5.78 Å². The van der Waals surface area contributed by atoms with E-state index in [0.717, 1.165) is 25.8 Å². The number of Topliss-reactive ketones (excluding diaryl/α,β-unsaturated/α-hetero) is 1. The fourth-order valence-electron chi connectivity index (χ4n) is 3.23. The van der Waals surface area contributed by atoms with Gasteiger partial charge in [-0.1, -0.05) is 6.42 Å². The first-order valence-corrected chi connectivity index (χ1v) is 7.37. The average Bonchev–Trinajstić information content (AvgIpc) is 2.79. The van der Waals surface area contributed by atoms with E-state index in [0.29, 0.717) is 17.9 Å². The quantitative estimate of drug-likeness (QED) is 0.825. The fraction of sp³-hybridized carbons (Fsp3) is 0.692. The molecule has 3 nitrogen and oxygen atoms in total. The van der Waals surface area contributed by atoms with Gasteiger partial charge in [-0.15, -0.1) is 11.3 Å². The van der Waals surface area contributed by atoms with Crippen molar-refractivity contribution in [3.63, 3.8) is 0 Å². The minimum absolute atomic E-state index is 0.477. The number of carbonyl (C=O) groups is 1. The molecule has 17 heavy (non-hydrogen) atoms. The Bertz CT molecular complexity index is 374. The average molecular weight is 250 g/mol. The monoisotopic (exact) mass is 250 g/mol. The Hall–Kier alpha value is -0.740. The lowest BCUT2D eigenvalue weighted by molar-refractivity contribution is -0.127. The highest BCUT2D eigenvalue weighted by molar-refractivity contribution is 7.09. The topological polar surface area (TPSA) is 33.2 Å². The van der Waals surface area contributed by atoms with Crippen molar-refractivity contribution >= 4 is 17.1 Å². The molecule has 0 aromatic carbocycles. The van der Waals surface area contributed by atoms with Crippen LogP contribution in [0.2, 0.25) is 0 Å². The van der Waals surface area contributed by atoms with Crippen molar-refractivity contribution < 1.29 is 4.79 Å². The van der Waals surface area contributed by atoms with Gasteiger partial charge in [0.05, 0.1) is 5.01 Å². The first-order valence-electron chi connectivity index (χ1n) is 6.49. The first-order chi connectivity index (χ1) is 8.33. The highest BCUT2D eigenvalue weighted by Gasteiger charge is 2.36. The third kappa shape index (κ3) is 2.43. The second-order valence-electron chi connectivity index (χ2n) is 5.10. The van der Waals surface area contributed by atoms with Crippen molar-refractivity contribution in [3.8, 4) is 0 Å². The molecule has 0 saturated carbocycles. The predicted octanol–water partition coefficient (Wildman–Crippen LogP) is 2.27. The van der Waals surface area contributed by atoms with E-state index < -0.39 is 0 Å². The van der Waals surface area contributed by atoms with E-state index in [1.807, 2.05) is 11.6 Å². The van der Waals surface area contributed by atoms with Crippen LogP contribution in [0.4, 0.5) is 0 Å². The number of carbonyl (C=O) groups excluding carboxylic acids is 1. The number of fused-ring (bicyclic) bond motifs is 2. The molecule has 2 aliphatic rings. The largest absolute Gasteiger partial charge is 0.300 e. The van der Waals surface area contributed by atoms with Crippen LogP contribution in [-0.4, -0.2) is 34.3 Å². The summed E-state index contributed by atoms with van der Waals surface area (Å²) in [6, 6.07) is 1.05. The van der Waals surface area contributed by atoms with Crippen LogP contribution in [0.3, 0.4) is 0 Å². The van der Waals surface area contributed by atoms with Crippen LogP contribution in [0.5, 0.6) is 0 Å². The zero-order valence-electron chi connectivity index (χ0n) is 9.97. The lowest BCUT2D eigenvalue weighted by atomic mass is 9.84. The van der Waals surface area contributed by atoms with Crippen molar-refractivity contribution in [1.29, 1.82) is 0 Å². The van der Waals surface area contributed by atoms with E-state index >= 15 is 0 Å². The molecule has 3 rings (SSSR count). The number of rotatable bonds is 3. The lowest BCUT2D eigenvalue weighted by Crippen LogP contribution is -2.52. The summed E-state index contributed by atoms with van der Waals surface area (Å²) in [6.07, 6.45) is 8.21. The number of hydrogen-bond donors (Lipinski definition) is 0. The maximum Gasteiger partial charge on any atom is 0.136 e. The molecule has 2 bridgehead atoms. The summed E-state index contributed by atoms with van der Waals surface area (Å²) in [5.41, 5.74) is 0. The number of hydrogen-bond acceptors (Lipinski definition) is 4. The zero-order chi connectivity index (χ0) is 11.7. The fourth-order valence-corrected chi connectivity index (χ4v) is 3.84. The van der Waals surface area contributed by atoms with E-state index in [-0.39, 0.29) is 0 Å². The van der Waals surface area contributed by atoms with Gasteiger partial charge in [-0.25, -0.2) is 4.98 Å².